The summed E-state index contributed by atoms with van der Waals surface area (Å²) in [7, 11) is 0. The van der Waals surface area contributed by atoms with Gasteiger partial charge in [-0.3, -0.25) is 0 Å². The van der Waals surface area contributed by atoms with Crippen LogP contribution in [-0.4, -0.2) is 13.2 Å². The van der Waals surface area contributed by atoms with E-state index >= 15 is 0 Å². The minimum Gasteiger partial charge on any atom is -0.490 e. The molecule has 0 atom stereocenters. The predicted octanol–water partition coefficient (Wildman–Crippen LogP) is 3.58. The van der Waals surface area contributed by atoms with Crippen LogP contribution >= 0.6 is 0 Å². The monoisotopic (exact) mass is 267 g/mol. The van der Waals surface area contributed by atoms with Crippen molar-refractivity contribution in [3.05, 3.63) is 59.7 Å². The van der Waals surface area contributed by atoms with Crippen molar-refractivity contribution in [2.45, 2.75) is 13.3 Å². The molecule has 2 aromatic rings. The maximum Gasteiger partial charge on any atom is 0.137 e. The van der Waals surface area contributed by atoms with Gasteiger partial charge in [-0.15, -0.1) is 0 Å². The van der Waals surface area contributed by atoms with Gasteiger partial charge in [0, 0.05) is 0 Å². The molecule has 0 amide bonds. The average Bonchev–Trinajstić information content (AvgIpc) is 2.52. The highest BCUT2D eigenvalue weighted by Gasteiger charge is 2.03. The average molecular weight is 267 g/mol. The van der Waals surface area contributed by atoms with E-state index in [0.717, 1.165) is 12.2 Å². The Morgan fingerprint density at radius 2 is 1.50 bits per heavy atom. The standard InChI is InChI=1S/C17H17NO2/c1-2-14-7-3-5-9-16(14)19-11-12-20-17-10-6-4-8-15(17)13-18/h3-10H,2,11-12H2,1H3. The molecular formula is C17H17NO2. The van der Waals surface area contributed by atoms with Gasteiger partial charge in [0.25, 0.3) is 0 Å². The molecule has 0 unspecified atom stereocenters. The van der Waals surface area contributed by atoms with E-state index in [-0.39, 0.29) is 0 Å². The third kappa shape index (κ3) is 3.52. The van der Waals surface area contributed by atoms with E-state index in [1.54, 1.807) is 12.1 Å². The molecule has 20 heavy (non-hydrogen) atoms. The second kappa shape index (κ2) is 7.20. The largest absolute Gasteiger partial charge is 0.490 e. The Labute approximate surface area is 119 Å². The molecule has 0 N–H and O–H groups in total. The highest BCUT2D eigenvalue weighted by atomic mass is 16.5. The normalized spacial score (nSPS) is 9.80. The zero-order chi connectivity index (χ0) is 14.2. The van der Waals surface area contributed by atoms with Crippen molar-refractivity contribution in [1.82, 2.24) is 0 Å². The predicted molar refractivity (Wildman–Crippen MR) is 78.0 cm³/mol. The molecule has 0 radical (unpaired) electrons. The van der Waals surface area contributed by atoms with Crippen LogP contribution in [0.15, 0.2) is 48.5 Å². The van der Waals surface area contributed by atoms with E-state index in [9.17, 15) is 0 Å². The molecule has 0 aliphatic carbocycles. The van der Waals surface area contributed by atoms with Crippen molar-refractivity contribution in [3.8, 4) is 17.6 Å². The fraction of sp³-hybridized carbons (Fsp3) is 0.235. The molecule has 0 fully saturated rings. The highest BCUT2D eigenvalue weighted by molar-refractivity contribution is 5.42. The molecule has 0 heterocycles. The van der Waals surface area contributed by atoms with Gasteiger partial charge in [-0.2, -0.15) is 5.26 Å². The highest BCUT2D eigenvalue weighted by Crippen LogP contribution is 2.19. The topological polar surface area (TPSA) is 42.2 Å². The van der Waals surface area contributed by atoms with Crippen molar-refractivity contribution in [2.24, 2.45) is 0 Å². The summed E-state index contributed by atoms with van der Waals surface area (Å²) in [4.78, 5) is 0. The first kappa shape index (κ1) is 14.0. The molecule has 0 saturated carbocycles. The molecule has 2 rings (SSSR count). The second-order valence-electron chi connectivity index (χ2n) is 4.27. The van der Waals surface area contributed by atoms with Gasteiger partial charge in [0.1, 0.15) is 30.8 Å². The summed E-state index contributed by atoms with van der Waals surface area (Å²) in [6.07, 6.45) is 0.939. The Kier molecular flexibility index (Phi) is 5.02. The molecule has 3 nitrogen and oxygen atoms in total. The van der Waals surface area contributed by atoms with Gasteiger partial charge >= 0.3 is 0 Å². The van der Waals surface area contributed by atoms with Crippen LogP contribution in [0.4, 0.5) is 0 Å². The first-order chi connectivity index (χ1) is 9.85. The Hall–Kier alpha value is -2.47. The van der Waals surface area contributed by atoms with Gasteiger partial charge < -0.3 is 9.47 Å². The lowest BCUT2D eigenvalue weighted by Crippen LogP contribution is -2.10. The molecule has 102 valence electrons. The molecule has 0 spiro atoms. The van der Waals surface area contributed by atoms with Gasteiger partial charge in [0.05, 0.1) is 5.56 Å². The van der Waals surface area contributed by atoms with Gasteiger partial charge in [0.15, 0.2) is 0 Å². The van der Waals surface area contributed by atoms with Gasteiger partial charge in [-0.25, -0.2) is 0 Å². The molecule has 0 saturated heterocycles. The molecule has 0 aromatic heterocycles. The SMILES string of the molecule is CCc1ccccc1OCCOc1ccccc1C#N. The van der Waals surface area contributed by atoms with Crippen LogP contribution in [0.3, 0.4) is 0 Å². The van der Waals surface area contributed by atoms with Crippen LogP contribution in [0.1, 0.15) is 18.1 Å². The van der Waals surface area contributed by atoms with Crippen molar-refractivity contribution < 1.29 is 9.47 Å². The molecule has 0 aliphatic heterocycles. The summed E-state index contributed by atoms with van der Waals surface area (Å²) in [5.74, 6) is 1.49. The van der Waals surface area contributed by atoms with E-state index in [1.165, 1.54) is 5.56 Å². The summed E-state index contributed by atoms with van der Waals surface area (Å²) >= 11 is 0. The number of hydrogen-bond donors (Lipinski definition) is 0. The minimum absolute atomic E-state index is 0.413. The lowest BCUT2D eigenvalue weighted by atomic mass is 10.1. The number of para-hydroxylation sites is 2. The number of ether oxygens (including phenoxy) is 2. The van der Waals surface area contributed by atoms with E-state index in [1.807, 2.05) is 30.3 Å². The first-order valence-electron chi connectivity index (χ1n) is 6.67. The fourth-order valence-corrected chi connectivity index (χ4v) is 1.92. The Balaban J connectivity index is 1.86. The maximum atomic E-state index is 8.96. The lowest BCUT2D eigenvalue weighted by molar-refractivity contribution is 0.215. The third-order valence-electron chi connectivity index (χ3n) is 2.96. The zero-order valence-electron chi connectivity index (χ0n) is 11.5. The van der Waals surface area contributed by atoms with Crippen molar-refractivity contribution in [1.29, 1.82) is 5.26 Å². The van der Waals surface area contributed by atoms with Gasteiger partial charge in [0.2, 0.25) is 0 Å². The minimum atomic E-state index is 0.413. The van der Waals surface area contributed by atoms with Gasteiger partial charge in [-0.05, 0) is 30.2 Å². The fourth-order valence-electron chi connectivity index (χ4n) is 1.92. The van der Waals surface area contributed by atoms with Gasteiger partial charge in [-0.1, -0.05) is 37.3 Å². The van der Waals surface area contributed by atoms with Crippen LogP contribution in [0.5, 0.6) is 11.5 Å². The van der Waals surface area contributed by atoms with E-state index < -0.39 is 0 Å². The van der Waals surface area contributed by atoms with Crippen LogP contribution in [0.2, 0.25) is 0 Å². The summed E-state index contributed by atoms with van der Waals surface area (Å²) in [6.45, 7) is 2.97. The molecule has 2 aromatic carbocycles. The van der Waals surface area contributed by atoms with Crippen LogP contribution in [0.25, 0.3) is 0 Å². The molecule has 3 heteroatoms. The molecule has 0 bridgehead atoms. The number of aryl methyl sites for hydroxylation is 1. The summed E-state index contributed by atoms with van der Waals surface area (Å²) in [5, 5.41) is 8.96. The van der Waals surface area contributed by atoms with Crippen molar-refractivity contribution in [2.75, 3.05) is 13.2 Å². The maximum absolute atomic E-state index is 8.96. The zero-order valence-corrected chi connectivity index (χ0v) is 11.5. The Morgan fingerprint density at radius 1 is 0.900 bits per heavy atom. The van der Waals surface area contributed by atoms with E-state index in [0.29, 0.717) is 24.5 Å². The van der Waals surface area contributed by atoms with Crippen LogP contribution in [-0.2, 0) is 6.42 Å². The number of hydrogen-bond acceptors (Lipinski definition) is 3. The Bertz CT molecular complexity index is 602. The second-order valence-corrected chi connectivity index (χ2v) is 4.27. The van der Waals surface area contributed by atoms with E-state index in [2.05, 4.69) is 19.1 Å². The third-order valence-corrected chi connectivity index (χ3v) is 2.96. The summed E-state index contributed by atoms with van der Waals surface area (Å²) in [6, 6.07) is 17.3. The van der Waals surface area contributed by atoms with Crippen LogP contribution < -0.4 is 9.47 Å². The summed E-state index contributed by atoms with van der Waals surface area (Å²) < 4.78 is 11.3. The quantitative estimate of drug-likeness (QED) is 0.751. The molecule has 0 aliphatic rings. The number of rotatable bonds is 6. The number of nitrogens with zero attached hydrogens (tertiary/aromatic N) is 1. The van der Waals surface area contributed by atoms with Crippen LogP contribution in [0, 0.1) is 11.3 Å². The van der Waals surface area contributed by atoms with Crippen molar-refractivity contribution >= 4 is 0 Å². The Morgan fingerprint density at radius 3 is 2.20 bits per heavy atom. The van der Waals surface area contributed by atoms with Crippen molar-refractivity contribution in [3.63, 3.8) is 0 Å². The number of nitriles is 1. The summed E-state index contributed by atoms with van der Waals surface area (Å²) in [5.41, 5.74) is 1.73. The van der Waals surface area contributed by atoms with E-state index in [4.69, 9.17) is 14.7 Å². The number of benzene rings is 2. The smallest absolute Gasteiger partial charge is 0.137 e. The lowest BCUT2D eigenvalue weighted by Gasteiger charge is -2.11. The molecular weight excluding hydrogens is 250 g/mol. The first-order valence-corrected chi connectivity index (χ1v) is 6.67.